The van der Waals surface area contributed by atoms with Crippen LogP contribution in [0.15, 0.2) is 21.3 Å². The SMILES string of the molecule is C[C@H](OC(=O)CCc1nc(-c2ccsc2)no1)C(=O)N1CCNC1=O. The minimum Gasteiger partial charge on any atom is -0.453 e. The summed E-state index contributed by atoms with van der Waals surface area (Å²) in [4.78, 5) is 40.6. The topological polar surface area (TPSA) is 115 Å². The summed E-state index contributed by atoms with van der Waals surface area (Å²) in [6.45, 7) is 2.11. The van der Waals surface area contributed by atoms with Gasteiger partial charge in [-0.1, -0.05) is 5.16 Å². The lowest BCUT2D eigenvalue weighted by atomic mass is 10.3. The van der Waals surface area contributed by atoms with Crippen LogP contribution in [0.5, 0.6) is 0 Å². The number of imide groups is 1. The second kappa shape index (κ2) is 7.43. The summed E-state index contributed by atoms with van der Waals surface area (Å²) in [6, 6.07) is 1.40. The van der Waals surface area contributed by atoms with Gasteiger partial charge in [0.25, 0.3) is 5.91 Å². The second-order valence-corrected chi connectivity index (χ2v) is 6.16. The minimum absolute atomic E-state index is 0.00487. The fourth-order valence-corrected chi connectivity index (χ4v) is 2.92. The highest BCUT2D eigenvalue weighted by molar-refractivity contribution is 7.08. The average molecular weight is 364 g/mol. The molecule has 0 aliphatic carbocycles. The van der Waals surface area contributed by atoms with Crippen molar-refractivity contribution in [1.82, 2.24) is 20.4 Å². The molecule has 1 N–H and O–H groups in total. The predicted molar refractivity (Wildman–Crippen MR) is 86.6 cm³/mol. The zero-order valence-corrected chi connectivity index (χ0v) is 14.2. The van der Waals surface area contributed by atoms with E-state index in [2.05, 4.69) is 15.5 Å². The molecule has 2 aromatic rings. The van der Waals surface area contributed by atoms with E-state index in [1.54, 1.807) is 0 Å². The zero-order chi connectivity index (χ0) is 17.8. The molecular formula is C15H16N4O5S. The van der Waals surface area contributed by atoms with Crippen LogP contribution < -0.4 is 5.32 Å². The van der Waals surface area contributed by atoms with Gasteiger partial charge in [-0.05, 0) is 18.4 Å². The van der Waals surface area contributed by atoms with E-state index in [1.165, 1.54) is 18.3 Å². The van der Waals surface area contributed by atoms with Crippen molar-refractivity contribution in [2.75, 3.05) is 13.1 Å². The van der Waals surface area contributed by atoms with E-state index in [-0.39, 0.29) is 19.4 Å². The van der Waals surface area contributed by atoms with Crippen molar-refractivity contribution in [2.45, 2.75) is 25.9 Å². The highest BCUT2D eigenvalue weighted by atomic mass is 32.1. The molecule has 0 saturated carbocycles. The number of carbonyl (C=O) groups excluding carboxylic acids is 3. The molecule has 1 aliphatic rings. The third kappa shape index (κ3) is 4.02. The molecular weight excluding hydrogens is 348 g/mol. The van der Waals surface area contributed by atoms with E-state index in [9.17, 15) is 14.4 Å². The fraction of sp³-hybridized carbons (Fsp3) is 0.400. The van der Waals surface area contributed by atoms with Crippen LogP contribution in [0.1, 0.15) is 19.2 Å². The number of urea groups is 1. The van der Waals surface area contributed by atoms with Gasteiger partial charge < -0.3 is 14.6 Å². The second-order valence-electron chi connectivity index (χ2n) is 5.38. The quantitative estimate of drug-likeness (QED) is 0.766. The van der Waals surface area contributed by atoms with Gasteiger partial charge in [-0.25, -0.2) is 4.79 Å². The van der Waals surface area contributed by atoms with Gasteiger partial charge in [0.2, 0.25) is 11.7 Å². The maximum atomic E-state index is 12.0. The summed E-state index contributed by atoms with van der Waals surface area (Å²) in [7, 11) is 0. The first-order chi connectivity index (χ1) is 12.0. The normalized spacial score (nSPS) is 15.1. The van der Waals surface area contributed by atoms with Crippen LogP contribution in [-0.2, 0) is 20.7 Å². The van der Waals surface area contributed by atoms with Crippen LogP contribution >= 0.6 is 11.3 Å². The number of hydrogen-bond acceptors (Lipinski definition) is 8. The molecule has 0 unspecified atom stereocenters. The van der Waals surface area contributed by atoms with Crippen molar-refractivity contribution >= 4 is 29.2 Å². The fourth-order valence-electron chi connectivity index (χ4n) is 2.28. The molecule has 1 fully saturated rings. The highest BCUT2D eigenvalue weighted by Gasteiger charge is 2.31. The maximum absolute atomic E-state index is 12.0. The van der Waals surface area contributed by atoms with Gasteiger partial charge in [-0.15, -0.1) is 0 Å². The predicted octanol–water partition coefficient (Wildman–Crippen LogP) is 1.21. The molecule has 0 spiro atoms. The van der Waals surface area contributed by atoms with Crippen molar-refractivity contribution in [1.29, 1.82) is 0 Å². The van der Waals surface area contributed by atoms with Crippen molar-refractivity contribution in [3.05, 3.63) is 22.7 Å². The molecule has 0 radical (unpaired) electrons. The Bertz CT molecular complexity index is 773. The van der Waals surface area contributed by atoms with E-state index in [4.69, 9.17) is 9.26 Å². The van der Waals surface area contributed by atoms with Crippen molar-refractivity contribution in [3.63, 3.8) is 0 Å². The molecule has 25 heavy (non-hydrogen) atoms. The molecule has 1 atom stereocenters. The van der Waals surface area contributed by atoms with Gasteiger partial charge in [0.1, 0.15) is 0 Å². The Morgan fingerprint density at radius 2 is 2.36 bits per heavy atom. The monoisotopic (exact) mass is 364 g/mol. The zero-order valence-electron chi connectivity index (χ0n) is 13.4. The summed E-state index contributed by atoms with van der Waals surface area (Å²) in [5.74, 6) is -0.333. The number of ether oxygens (including phenoxy) is 1. The van der Waals surface area contributed by atoms with Gasteiger partial charge in [0.15, 0.2) is 6.10 Å². The number of nitrogens with one attached hydrogen (secondary N) is 1. The van der Waals surface area contributed by atoms with E-state index in [1.807, 2.05) is 16.8 Å². The first-order valence-corrected chi connectivity index (χ1v) is 8.62. The van der Waals surface area contributed by atoms with Gasteiger partial charge in [-0.3, -0.25) is 14.5 Å². The highest BCUT2D eigenvalue weighted by Crippen LogP contribution is 2.19. The van der Waals surface area contributed by atoms with E-state index >= 15 is 0 Å². The molecule has 132 valence electrons. The average Bonchev–Trinajstić information content (AvgIpc) is 3.33. The summed E-state index contributed by atoms with van der Waals surface area (Å²) >= 11 is 1.52. The molecule has 3 amide bonds. The Morgan fingerprint density at radius 1 is 1.52 bits per heavy atom. The first-order valence-electron chi connectivity index (χ1n) is 7.68. The van der Waals surface area contributed by atoms with Crippen molar-refractivity contribution in [3.8, 4) is 11.4 Å². The Balaban J connectivity index is 1.48. The molecule has 1 aliphatic heterocycles. The lowest BCUT2D eigenvalue weighted by Crippen LogP contribution is -2.41. The number of hydrogen-bond donors (Lipinski definition) is 1. The molecule has 0 aromatic carbocycles. The lowest BCUT2D eigenvalue weighted by molar-refractivity contribution is -0.157. The molecule has 3 heterocycles. The van der Waals surface area contributed by atoms with Gasteiger partial charge >= 0.3 is 12.0 Å². The number of amides is 3. The smallest absolute Gasteiger partial charge is 0.324 e. The number of thiophene rings is 1. The van der Waals surface area contributed by atoms with Gasteiger partial charge in [0.05, 0.1) is 6.42 Å². The number of aromatic nitrogens is 2. The number of esters is 1. The molecule has 2 aromatic heterocycles. The summed E-state index contributed by atoms with van der Waals surface area (Å²) in [5, 5.41) is 10.2. The van der Waals surface area contributed by atoms with Crippen LogP contribution in [0.25, 0.3) is 11.4 Å². The lowest BCUT2D eigenvalue weighted by Gasteiger charge is -2.17. The molecule has 1 saturated heterocycles. The largest absolute Gasteiger partial charge is 0.453 e. The number of aryl methyl sites for hydroxylation is 1. The summed E-state index contributed by atoms with van der Waals surface area (Å²) in [5.41, 5.74) is 0.852. The third-order valence-corrected chi connectivity index (χ3v) is 4.25. The maximum Gasteiger partial charge on any atom is 0.324 e. The van der Waals surface area contributed by atoms with E-state index < -0.39 is 24.0 Å². The standard InChI is InChI=1S/C15H16N4O5S/c1-9(14(21)19-6-5-16-15(19)22)23-12(20)3-2-11-17-13(18-24-11)10-4-7-25-8-10/h4,7-9H,2-3,5-6H2,1H3,(H,16,22)/t9-/m0/s1. The number of nitrogens with zero attached hydrogens (tertiary/aromatic N) is 3. The number of rotatable bonds is 6. The van der Waals surface area contributed by atoms with Crippen molar-refractivity contribution < 1.29 is 23.6 Å². The first kappa shape index (κ1) is 17.1. The van der Waals surface area contributed by atoms with Crippen LogP contribution in [0.3, 0.4) is 0 Å². The molecule has 0 bridgehead atoms. The summed E-state index contributed by atoms with van der Waals surface area (Å²) < 4.78 is 10.2. The minimum atomic E-state index is -1.03. The summed E-state index contributed by atoms with van der Waals surface area (Å²) in [6.07, 6.45) is -0.823. The van der Waals surface area contributed by atoms with Crippen molar-refractivity contribution in [2.24, 2.45) is 0 Å². The van der Waals surface area contributed by atoms with E-state index in [0.29, 0.717) is 18.3 Å². The Kier molecular flexibility index (Phi) is 5.08. The number of carbonyl (C=O) groups is 3. The Morgan fingerprint density at radius 3 is 3.04 bits per heavy atom. The van der Waals surface area contributed by atoms with Crippen LogP contribution in [0.2, 0.25) is 0 Å². The Hall–Kier alpha value is -2.75. The van der Waals surface area contributed by atoms with Crippen LogP contribution in [-0.4, -0.2) is 52.1 Å². The molecule has 3 rings (SSSR count). The van der Waals surface area contributed by atoms with Gasteiger partial charge in [-0.2, -0.15) is 16.3 Å². The molecule has 9 nitrogen and oxygen atoms in total. The van der Waals surface area contributed by atoms with Crippen LogP contribution in [0.4, 0.5) is 4.79 Å². The van der Waals surface area contributed by atoms with Gasteiger partial charge in [0, 0.05) is 30.5 Å². The Labute approximate surface area is 147 Å². The third-order valence-electron chi connectivity index (χ3n) is 3.57. The molecule has 10 heteroatoms. The van der Waals surface area contributed by atoms with E-state index in [0.717, 1.165) is 10.5 Å². The van der Waals surface area contributed by atoms with Crippen LogP contribution in [0, 0.1) is 0 Å².